The van der Waals surface area contributed by atoms with Crippen LogP contribution in [0.25, 0.3) is 0 Å². The van der Waals surface area contributed by atoms with E-state index in [2.05, 4.69) is 50.4 Å². The summed E-state index contributed by atoms with van der Waals surface area (Å²) >= 11 is 0. The Morgan fingerprint density at radius 2 is 0.686 bits per heavy atom. The lowest BCUT2D eigenvalue weighted by Crippen LogP contribution is -2.46. The van der Waals surface area contributed by atoms with Crippen molar-refractivity contribution in [2.75, 3.05) is 6.61 Å². The van der Waals surface area contributed by atoms with E-state index in [1.807, 2.05) is 0 Å². The maximum atomic E-state index is 13.3. The molecule has 0 rings (SSSR count). The normalized spacial score (nSPS) is 13.2. The second-order valence-electron chi connectivity index (χ2n) is 21.8. The molecule has 0 aliphatic rings. The summed E-state index contributed by atoms with van der Waals surface area (Å²) in [6, 6.07) is -0.703. The average molecular weight is 987 g/mol. The number of nitrogens with one attached hydrogen (secondary N) is 1. The van der Waals surface area contributed by atoms with Crippen LogP contribution in [0.3, 0.4) is 0 Å². The zero-order valence-electron chi connectivity index (χ0n) is 47.4. The van der Waals surface area contributed by atoms with Gasteiger partial charge in [0.1, 0.15) is 6.10 Å². The molecular weight excluding hydrogens is 863 g/mol. The lowest BCUT2D eigenvalue weighted by Gasteiger charge is -2.24. The molecule has 0 saturated carbocycles. The maximum Gasteiger partial charge on any atom is 0.306 e. The Morgan fingerprint density at radius 3 is 1.01 bits per heavy atom. The van der Waals surface area contributed by atoms with Gasteiger partial charge in [-0.15, -0.1) is 0 Å². The van der Waals surface area contributed by atoms with Crippen LogP contribution in [-0.2, 0) is 14.3 Å². The molecule has 0 radical (unpaired) electrons. The highest BCUT2D eigenvalue weighted by Gasteiger charge is 2.24. The van der Waals surface area contributed by atoms with Gasteiger partial charge in [-0.05, 0) is 77.0 Å². The van der Waals surface area contributed by atoms with Gasteiger partial charge < -0.3 is 20.3 Å². The molecule has 0 aromatic carbocycles. The molecule has 0 bridgehead atoms. The third-order valence-electron chi connectivity index (χ3n) is 14.8. The summed E-state index contributed by atoms with van der Waals surface area (Å²) in [5.74, 6) is -0.466. The molecule has 3 atom stereocenters. The number of hydrogen-bond acceptors (Lipinski definition) is 5. The van der Waals surface area contributed by atoms with Gasteiger partial charge in [-0.3, -0.25) is 9.59 Å². The first-order valence-corrected chi connectivity index (χ1v) is 31.6. The number of amides is 1. The molecule has 0 heterocycles. The number of carbonyl (C=O) groups excluding carboxylic acids is 2. The minimum absolute atomic E-state index is 0.0764. The Morgan fingerprint density at radius 1 is 0.400 bits per heavy atom. The number of rotatable bonds is 58. The average Bonchev–Trinajstić information content (AvgIpc) is 3.35. The van der Waals surface area contributed by atoms with E-state index < -0.39 is 18.2 Å². The van der Waals surface area contributed by atoms with E-state index in [-0.39, 0.29) is 24.9 Å². The van der Waals surface area contributed by atoms with Crippen LogP contribution >= 0.6 is 0 Å². The SMILES string of the molecule is CCCCCCCC/C=C/CCCCCCCCCC(CC(=O)NC(CO)C(O)CCCCCCCCCCCCCCCCCC)OC(=O)CCCCCCC/C=C/CCCCCCCCCCC. The van der Waals surface area contributed by atoms with E-state index in [1.165, 1.54) is 244 Å². The van der Waals surface area contributed by atoms with Crippen molar-refractivity contribution in [3.8, 4) is 0 Å². The predicted octanol–water partition coefficient (Wildman–Crippen LogP) is 19.8. The van der Waals surface area contributed by atoms with E-state index in [4.69, 9.17) is 4.74 Å². The zero-order chi connectivity index (χ0) is 50.9. The van der Waals surface area contributed by atoms with Crippen molar-refractivity contribution in [2.24, 2.45) is 0 Å². The van der Waals surface area contributed by atoms with Crippen molar-refractivity contribution in [3.63, 3.8) is 0 Å². The molecule has 1 amide bonds. The van der Waals surface area contributed by atoms with Gasteiger partial charge in [0.25, 0.3) is 0 Å². The van der Waals surface area contributed by atoms with Gasteiger partial charge in [0.15, 0.2) is 0 Å². The van der Waals surface area contributed by atoms with E-state index in [0.717, 1.165) is 57.8 Å². The van der Waals surface area contributed by atoms with E-state index >= 15 is 0 Å². The maximum absolute atomic E-state index is 13.3. The van der Waals surface area contributed by atoms with Crippen molar-refractivity contribution in [3.05, 3.63) is 24.3 Å². The molecule has 70 heavy (non-hydrogen) atoms. The Labute approximate surface area is 437 Å². The summed E-state index contributed by atoms with van der Waals surface area (Å²) in [5, 5.41) is 24.0. The highest BCUT2D eigenvalue weighted by Crippen LogP contribution is 2.19. The summed E-state index contributed by atoms with van der Waals surface area (Å²) in [6.45, 7) is 6.53. The predicted molar refractivity (Wildman–Crippen MR) is 306 cm³/mol. The minimum Gasteiger partial charge on any atom is -0.462 e. The van der Waals surface area contributed by atoms with Gasteiger partial charge in [0, 0.05) is 6.42 Å². The number of aliphatic hydroxyl groups is 2. The largest absolute Gasteiger partial charge is 0.462 e. The molecule has 6 nitrogen and oxygen atoms in total. The number of aliphatic hydroxyl groups excluding tert-OH is 2. The highest BCUT2D eigenvalue weighted by molar-refractivity contribution is 5.77. The first kappa shape index (κ1) is 68.3. The standard InChI is InChI=1S/C64H123NO5/c1-4-7-10-13-16-19-22-25-28-31-33-36-39-42-45-48-51-54-57-64(69)70-60(55-52-49-46-43-40-37-34-32-29-26-23-20-17-14-11-8-5-2)58-63(68)65-61(59-66)62(67)56-53-50-47-44-41-38-35-30-27-24-21-18-15-12-9-6-3/h26,29,33,36,60-62,66-67H,4-25,27-28,30-32,34-35,37-59H2,1-3H3,(H,65,68)/b29-26+,36-33+. The van der Waals surface area contributed by atoms with E-state index in [1.54, 1.807) is 0 Å². The summed E-state index contributed by atoms with van der Waals surface area (Å²) in [7, 11) is 0. The van der Waals surface area contributed by atoms with Gasteiger partial charge in [-0.25, -0.2) is 0 Å². The van der Waals surface area contributed by atoms with Crippen molar-refractivity contribution >= 4 is 11.9 Å². The molecule has 0 fully saturated rings. The molecule has 0 aromatic heterocycles. The Balaban J connectivity index is 4.53. The van der Waals surface area contributed by atoms with Gasteiger partial charge in [0.2, 0.25) is 5.91 Å². The van der Waals surface area contributed by atoms with Gasteiger partial charge in [0.05, 0.1) is 25.2 Å². The van der Waals surface area contributed by atoms with Crippen molar-refractivity contribution < 1.29 is 24.5 Å². The second-order valence-corrected chi connectivity index (χ2v) is 21.8. The van der Waals surface area contributed by atoms with Crippen LogP contribution in [0.5, 0.6) is 0 Å². The summed E-state index contributed by atoms with van der Waals surface area (Å²) in [5.41, 5.74) is 0. The molecule has 0 aromatic rings. The van der Waals surface area contributed by atoms with Gasteiger partial charge in [-0.2, -0.15) is 0 Å². The Bertz CT molecular complexity index is 1110. The van der Waals surface area contributed by atoms with Crippen LogP contribution in [0.2, 0.25) is 0 Å². The van der Waals surface area contributed by atoms with Gasteiger partial charge in [-0.1, -0.05) is 283 Å². The number of ether oxygens (including phenoxy) is 1. The fourth-order valence-electron chi connectivity index (χ4n) is 9.95. The summed E-state index contributed by atoms with van der Waals surface area (Å²) in [4.78, 5) is 26.4. The van der Waals surface area contributed by atoms with Gasteiger partial charge >= 0.3 is 5.97 Å². The van der Waals surface area contributed by atoms with Crippen LogP contribution in [0, 0.1) is 0 Å². The zero-order valence-corrected chi connectivity index (χ0v) is 47.4. The lowest BCUT2D eigenvalue weighted by atomic mass is 10.0. The molecule has 0 saturated heterocycles. The summed E-state index contributed by atoms with van der Waals surface area (Å²) < 4.78 is 5.98. The molecule has 3 N–H and O–H groups in total. The monoisotopic (exact) mass is 986 g/mol. The quantitative estimate of drug-likeness (QED) is 0.0321. The van der Waals surface area contributed by atoms with Crippen molar-refractivity contribution in [2.45, 2.75) is 366 Å². The number of allylic oxidation sites excluding steroid dienone is 4. The van der Waals surface area contributed by atoms with Crippen molar-refractivity contribution in [1.82, 2.24) is 5.32 Å². The second kappa shape index (κ2) is 58.2. The number of esters is 1. The molecule has 0 aliphatic heterocycles. The van der Waals surface area contributed by atoms with E-state index in [9.17, 15) is 19.8 Å². The number of unbranched alkanes of at least 4 members (excludes halogenated alkanes) is 42. The number of carbonyl (C=O) groups is 2. The van der Waals surface area contributed by atoms with Crippen LogP contribution < -0.4 is 5.32 Å². The topological polar surface area (TPSA) is 95.9 Å². The fourth-order valence-corrected chi connectivity index (χ4v) is 9.95. The Kier molecular flexibility index (Phi) is 56.9. The molecule has 414 valence electrons. The van der Waals surface area contributed by atoms with Crippen LogP contribution in [0.1, 0.15) is 348 Å². The smallest absolute Gasteiger partial charge is 0.306 e. The third kappa shape index (κ3) is 52.7. The third-order valence-corrected chi connectivity index (χ3v) is 14.8. The van der Waals surface area contributed by atoms with E-state index in [0.29, 0.717) is 19.3 Å². The summed E-state index contributed by atoms with van der Waals surface area (Å²) in [6.07, 6.45) is 69.6. The fraction of sp³-hybridized carbons (Fsp3) is 0.906. The molecular formula is C64H123NO5. The first-order valence-electron chi connectivity index (χ1n) is 31.6. The van der Waals surface area contributed by atoms with Crippen LogP contribution in [0.4, 0.5) is 0 Å². The first-order chi connectivity index (χ1) is 34.5. The van der Waals surface area contributed by atoms with Crippen LogP contribution in [0.15, 0.2) is 24.3 Å². The van der Waals surface area contributed by atoms with Crippen LogP contribution in [-0.4, -0.2) is 46.9 Å². The number of hydrogen-bond donors (Lipinski definition) is 3. The molecule has 3 unspecified atom stereocenters. The minimum atomic E-state index is -0.789. The lowest BCUT2D eigenvalue weighted by molar-refractivity contribution is -0.151. The highest BCUT2D eigenvalue weighted by atomic mass is 16.5. The van der Waals surface area contributed by atoms with Crippen molar-refractivity contribution in [1.29, 1.82) is 0 Å². The molecule has 0 aliphatic carbocycles. The molecule has 6 heteroatoms. The Hall–Kier alpha value is -1.66. The molecule has 0 spiro atoms.